The van der Waals surface area contributed by atoms with Gasteiger partial charge in [0.1, 0.15) is 9.88 Å². The first-order valence-corrected chi connectivity index (χ1v) is 10.3. The van der Waals surface area contributed by atoms with E-state index in [0.29, 0.717) is 11.8 Å². The number of carbonyl (C=O) groups is 1. The van der Waals surface area contributed by atoms with Crippen LogP contribution in [0.5, 0.6) is 0 Å². The normalized spacial score (nSPS) is 20.8. The summed E-state index contributed by atoms with van der Waals surface area (Å²) >= 11 is 3.15. The van der Waals surface area contributed by atoms with Crippen molar-refractivity contribution in [1.29, 1.82) is 0 Å². The quantitative estimate of drug-likeness (QED) is 0.775. The van der Waals surface area contributed by atoms with Crippen LogP contribution in [0.2, 0.25) is 0 Å². The number of likely N-dealkylation sites (tertiary alicyclic amines) is 1. The minimum atomic E-state index is 0.129. The van der Waals surface area contributed by atoms with Gasteiger partial charge in [0.05, 0.1) is 6.20 Å². The summed E-state index contributed by atoms with van der Waals surface area (Å²) in [5, 5.41) is 5.04. The van der Waals surface area contributed by atoms with Gasteiger partial charge in [0.25, 0.3) is 5.91 Å². The van der Waals surface area contributed by atoms with Gasteiger partial charge < -0.3 is 14.7 Å². The molecule has 136 valence electrons. The maximum absolute atomic E-state index is 13.0. The lowest BCUT2D eigenvalue weighted by Gasteiger charge is -2.24. The molecule has 0 aliphatic carbocycles. The number of amides is 1. The van der Waals surface area contributed by atoms with Crippen LogP contribution in [0.25, 0.3) is 10.6 Å². The van der Waals surface area contributed by atoms with Gasteiger partial charge in [-0.3, -0.25) is 4.79 Å². The lowest BCUT2D eigenvalue weighted by Crippen LogP contribution is -2.32. The van der Waals surface area contributed by atoms with Gasteiger partial charge in [0.15, 0.2) is 0 Å². The monoisotopic (exact) mass is 378 g/mol. The Kier molecular flexibility index (Phi) is 5.89. The molecule has 3 rings (SSSR count). The minimum absolute atomic E-state index is 0.129. The average molecular weight is 379 g/mol. The van der Waals surface area contributed by atoms with Crippen LogP contribution in [-0.2, 0) is 0 Å². The van der Waals surface area contributed by atoms with Crippen molar-refractivity contribution in [3.63, 3.8) is 0 Å². The van der Waals surface area contributed by atoms with E-state index in [1.165, 1.54) is 11.3 Å². The van der Waals surface area contributed by atoms with Gasteiger partial charge in [-0.05, 0) is 51.5 Å². The van der Waals surface area contributed by atoms with Crippen molar-refractivity contribution in [2.45, 2.75) is 0 Å². The van der Waals surface area contributed by atoms with E-state index < -0.39 is 0 Å². The van der Waals surface area contributed by atoms with Crippen molar-refractivity contribution in [1.82, 2.24) is 19.7 Å². The first kappa shape index (κ1) is 18.5. The molecule has 1 aliphatic heterocycles. The molecule has 0 spiro atoms. The van der Waals surface area contributed by atoms with Crippen molar-refractivity contribution < 1.29 is 4.79 Å². The topological polar surface area (TPSA) is 39.7 Å². The Morgan fingerprint density at radius 3 is 2.36 bits per heavy atom. The molecule has 25 heavy (non-hydrogen) atoms. The molecule has 0 N–H and O–H groups in total. The Bertz CT molecular complexity index is 678. The zero-order chi connectivity index (χ0) is 18.0. The highest BCUT2D eigenvalue weighted by molar-refractivity contribution is 7.17. The maximum Gasteiger partial charge on any atom is 0.265 e. The van der Waals surface area contributed by atoms with Crippen LogP contribution in [0.1, 0.15) is 9.67 Å². The molecule has 7 heteroatoms. The molecular weight excluding hydrogens is 352 g/mol. The predicted octanol–water partition coefficient (Wildman–Crippen LogP) is 2.68. The molecule has 3 heterocycles. The second-order valence-corrected chi connectivity index (χ2v) is 9.11. The summed E-state index contributed by atoms with van der Waals surface area (Å²) in [5.74, 6) is 1.17. The zero-order valence-corrected chi connectivity index (χ0v) is 16.9. The van der Waals surface area contributed by atoms with Crippen LogP contribution in [0.15, 0.2) is 23.0 Å². The fourth-order valence-electron chi connectivity index (χ4n) is 3.50. The molecule has 1 amide bonds. The molecule has 1 aliphatic rings. The van der Waals surface area contributed by atoms with Gasteiger partial charge in [0, 0.05) is 37.1 Å². The SMILES string of the molecule is CN(C)C[C@@H]1CN(C(=O)c2cnc(-c3ccsc3)s2)C[C@H]1CN(C)C. The Labute approximate surface area is 157 Å². The summed E-state index contributed by atoms with van der Waals surface area (Å²) in [6.07, 6.45) is 1.74. The maximum atomic E-state index is 13.0. The molecular formula is C18H26N4OS2. The molecule has 1 fully saturated rings. The average Bonchev–Trinajstić information content (AvgIpc) is 3.26. The van der Waals surface area contributed by atoms with E-state index in [4.69, 9.17) is 0 Å². The van der Waals surface area contributed by atoms with Crippen molar-refractivity contribution in [3.8, 4) is 10.6 Å². The largest absolute Gasteiger partial charge is 0.337 e. The molecule has 0 aromatic carbocycles. The molecule has 5 nitrogen and oxygen atoms in total. The van der Waals surface area contributed by atoms with E-state index in [1.807, 2.05) is 16.3 Å². The van der Waals surface area contributed by atoms with Crippen LogP contribution >= 0.6 is 22.7 Å². The van der Waals surface area contributed by atoms with E-state index in [2.05, 4.69) is 48.4 Å². The number of thiazole rings is 1. The molecule has 0 bridgehead atoms. The van der Waals surface area contributed by atoms with Crippen molar-refractivity contribution in [2.24, 2.45) is 11.8 Å². The van der Waals surface area contributed by atoms with E-state index in [0.717, 1.165) is 41.6 Å². The van der Waals surface area contributed by atoms with Gasteiger partial charge in [-0.1, -0.05) is 0 Å². The van der Waals surface area contributed by atoms with Gasteiger partial charge in [-0.2, -0.15) is 11.3 Å². The van der Waals surface area contributed by atoms with E-state index in [9.17, 15) is 4.79 Å². The predicted molar refractivity (Wildman–Crippen MR) is 105 cm³/mol. The molecule has 0 unspecified atom stereocenters. The summed E-state index contributed by atoms with van der Waals surface area (Å²) < 4.78 is 0. The van der Waals surface area contributed by atoms with E-state index in [-0.39, 0.29) is 5.91 Å². The third-order valence-corrected chi connectivity index (χ3v) is 6.27. The Balaban J connectivity index is 1.71. The lowest BCUT2D eigenvalue weighted by molar-refractivity contribution is 0.0786. The smallest absolute Gasteiger partial charge is 0.265 e. The summed E-state index contributed by atoms with van der Waals surface area (Å²) in [5.41, 5.74) is 1.10. The van der Waals surface area contributed by atoms with Crippen LogP contribution in [0, 0.1) is 11.8 Å². The number of rotatable bonds is 6. The molecule has 2 aromatic heterocycles. The van der Waals surface area contributed by atoms with E-state index >= 15 is 0 Å². The Morgan fingerprint density at radius 1 is 1.20 bits per heavy atom. The highest BCUT2D eigenvalue weighted by Crippen LogP contribution is 2.30. The number of nitrogens with zero attached hydrogens (tertiary/aromatic N) is 4. The summed E-state index contributed by atoms with van der Waals surface area (Å²) in [7, 11) is 8.42. The molecule has 2 atom stereocenters. The van der Waals surface area contributed by atoms with Crippen LogP contribution in [0.4, 0.5) is 0 Å². The summed E-state index contributed by atoms with van der Waals surface area (Å²) in [6.45, 7) is 3.71. The number of thiophene rings is 1. The number of hydrogen-bond donors (Lipinski definition) is 0. The molecule has 0 radical (unpaired) electrons. The van der Waals surface area contributed by atoms with Crippen molar-refractivity contribution in [3.05, 3.63) is 27.9 Å². The third-order valence-electron chi connectivity index (χ3n) is 4.55. The van der Waals surface area contributed by atoms with Gasteiger partial charge in [-0.25, -0.2) is 4.98 Å². The highest BCUT2D eigenvalue weighted by Gasteiger charge is 2.36. The van der Waals surface area contributed by atoms with Gasteiger partial charge >= 0.3 is 0 Å². The van der Waals surface area contributed by atoms with Crippen LogP contribution in [-0.4, -0.2) is 80.0 Å². The fraction of sp³-hybridized carbons (Fsp3) is 0.556. The van der Waals surface area contributed by atoms with E-state index in [1.54, 1.807) is 17.5 Å². The summed E-state index contributed by atoms with van der Waals surface area (Å²) in [6, 6.07) is 2.05. The second kappa shape index (κ2) is 7.95. The number of carbonyl (C=O) groups excluding carboxylic acids is 1. The van der Waals surface area contributed by atoms with Gasteiger partial charge in [-0.15, -0.1) is 11.3 Å². The lowest BCUT2D eigenvalue weighted by atomic mass is 9.95. The number of aromatic nitrogens is 1. The van der Waals surface area contributed by atoms with Crippen LogP contribution < -0.4 is 0 Å². The zero-order valence-electron chi connectivity index (χ0n) is 15.3. The first-order valence-electron chi connectivity index (χ1n) is 8.51. The standard InChI is InChI=1S/C18H26N4OS2/c1-20(2)8-14-10-22(11-15(14)9-21(3)4)18(23)16-7-19-17(25-16)13-5-6-24-12-13/h5-7,12,14-15H,8-11H2,1-4H3/t14-,15-/m1/s1. The Hall–Kier alpha value is -1.28. The third kappa shape index (κ3) is 4.47. The fourth-order valence-corrected chi connectivity index (χ4v) is 5.10. The Morgan fingerprint density at radius 2 is 1.84 bits per heavy atom. The highest BCUT2D eigenvalue weighted by atomic mass is 32.1. The van der Waals surface area contributed by atoms with Crippen molar-refractivity contribution in [2.75, 3.05) is 54.4 Å². The second-order valence-electron chi connectivity index (χ2n) is 7.30. The minimum Gasteiger partial charge on any atom is -0.337 e. The molecule has 2 aromatic rings. The number of hydrogen-bond acceptors (Lipinski definition) is 6. The van der Waals surface area contributed by atoms with Crippen LogP contribution in [0.3, 0.4) is 0 Å². The van der Waals surface area contributed by atoms with Gasteiger partial charge in [0.2, 0.25) is 0 Å². The summed E-state index contributed by atoms with van der Waals surface area (Å²) in [4.78, 5) is 24.6. The first-order chi connectivity index (χ1) is 11.9. The van der Waals surface area contributed by atoms with Crippen molar-refractivity contribution >= 4 is 28.6 Å². The molecule has 1 saturated heterocycles. The molecule has 0 saturated carbocycles.